The van der Waals surface area contributed by atoms with Gasteiger partial charge in [-0.15, -0.1) is 0 Å². The Bertz CT molecular complexity index is 1200. The minimum absolute atomic E-state index is 0.00238. The molecule has 28 heavy (non-hydrogen) atoms. The van der Waals surface area contributed by atoms with E-state index < -0.39 is 11.7 Å². The number of phenols is 1. The third-order valence-corrected chi connectivity index (χ3v) is 4.48. The number of fused-ring (bicyclic) bond motifs is 1. The molecule has 0 spiro atoms. The smallest absolute Gasteiger partial charge is 0.255 e. The van der Waals surface area contributed by atoms with Crippen molar-refractivity contribution in [3.63, 3.8) is 0 Å². The molecule has 5 nitrogen and oxygen atoms in total. The summed E-state index contributed by atoms with van der Waals surface area (Å²) in [7, 11) is 0. The molecule has 4 rings (SSSR count). The number of rotatable bonds is 3. The van der Waals surface area contributed by atoms with Crippen molar-refractivity contribution < 1.29 is 18.7 Å². The molecular weight excluding hydrogens is 383 g/mol. The zero-order chi connectivity index (χ0) is 19.8. The highest BCUT2D eigenvalue weighted by Gasteiger charge is 2.17. The van der Waals surface area contributed by atoms with Crippen LogP contribution < -0.4 is 5.32 Å². The van der Waals surface area contributed by atoms with E-state index in [1.165, 1.54) is 24.3 Å². The largest absolute Gasteiger partial charge is 0.507 e. The second-order valence-electron chi connectivity index (χ2n) is 6.28. The summed E-state index contributed by atoms with van der Waals surface area (Å²) in [5.41, 5.74) is 2.71. The van der Waals surface area contributed by atoms with Crippen molar-refractivity contribution >= 4 is 34.3 Å². The Labute approximate surface area is 164 Å². The molecule has 1 heterocycles. The predicted octanol–water partition coefficient (Wildman–Crippen LogP) is 5.55. The van der Waals surface area contributed by atoms with Crippen LogP contribution in [-0.2, 0) is 0 Å². The first-order valence-corrected chi connectivity index (χ1v) is 8.75. The van der Waals surface area contributed by atoms with E-state index in [0.29, 0.717) is 38.5 Å². The monoisotopic (exact) mass is 396 g/mol. The lowest BCUT2D eigenvalue weighted by atomic mass is 10.1. The summed E-state index contributed by atoms with van der Waals surface area (Å²) in [6.45, 7) is 1.70. The lowest BCUT2D eigenvalue weighted by Crippen LogP contribution is -2.12. The molecule has 0 radical (unpaired) electrons. The molecule has 7 heteroatoms. The van der Waals surface area contributed by atoms with Crippen LogP contribution in [0.4, 0.5) is 10.1 Å². The number of phenolic OH excluding ortho intramolecular Hbond substituents is 1. The van der Waals surface area contributed by atoms with Gasteiger partial charge in [0.2, 0.25) is 5.89 Å². The quantitative estimate of drug-likeness (QED) is 0.445. The minimum atomic E-state index is -0.421. The topological polar surface area (TPSA) is 75.4 Å². The van der Waals surface area contributed by atoms with Crippen LogP contribution >= 0.6 is 11.6 Å². The van der Waals surface area contributed by atoms with Crippen LogP contribution in [0.1, 0.15) is 15.9 Å². The molecule has 0 fully saturated rings. The van der Waals surface area contributed by atoms with E-state index in [-0.39, 0.29) is 11.6 Å². The SMILES string of the molecule is Cc1cc(NC(=O)c2ccc(F)cc2)cc(-c2nc3cc(Cl)ccc3o2)c1O. The number of nitrogens with one attached hydrogen (secondary N) is 1. The van der Waals surface area contributed by atoms with Gasteiger partial charge in [-0.3, -0.25) is 4.79 Å². The zero-order valence-corrected chi connectivity index (χ0v) is 15.4. The number of carbonyl (C=O) groups excluding carboxylic acids is 1. The fraction of sp³-hybridized carbons (Fsp3) is 0.0476. The van der Waals surface area contributed by atoms with E-state index >= 15 is 0 Å². The van der Waals surface area contributed by atoms with Crippen LogP contribution in [0.5, 0.6) is 5.75 Å². The molecule has 3 aromatic carbocycles. The van der Waals surface area contributed by atoms with E-state index in [1.54, 1.807) is 37.3 Å². The maximum absolute atomic E-state index is 13.0. The first-order valence-electron chi connectivity index (χ1n) is 8.38. The number of aryl methyl sites for hydroxylation is 1. The summed E-state index contributed by atoms with van der Waals surface area (Å²) in [4.78, 5) is 16.8. The molecule has 140 valence electrons. The van der Waals surface area contributed by atoms with E-state index in [0.717, 1.165) is 0 Å². The van der Waals surface area contributed by atoms with Crippen molar-refractivity contribution in [3.05, 3.63) is 76.6 Å². The number of carbonyl (C=O) groups is 1. The van der Waals surface area contributed by atoms with E-state index in [2.05, 4.69) is 10.3 Å². The average Bonchev–Trinajstić information content (AvgIpc) is 3.07. The Balaban J connectivity index is 1.71. The Morgan fingerprint density at radius 3 is 2.64 bits per heavy atom. The molecule has 0 saturated heterocycles. The highest BCUT2D eigenvalue weighted by molar-refractivity contribution is 6.31. The van der Waals surface area contributed by atoms with E-state index in [9.17, 15) is 14.3 Å². The Kier molecular flexibility index (Phi) is 4.49. The van der Waals surface area contributed by atoms with Crippen LogP contribution in [0.3, 0.4) is 0 Å². The average molecular weight is 397 g/mol. The summed E-state index contributed by atoms with van der Waals surface area (Å²) < 4.78 is 18.8. The van der Waals surface area contributed by atoms with Gasteiger partial charge in [0.15, 0.2) is 5.58 Å². The van der Waals surface area contributed by atoms with Crippen molar-refractivity contribution in [2.75, 3.05) is 5.32 Å². The van der Waals surface area contributed by atoms with Crippen LogP contribution in [0.25, 0.3) is 22.6 Å². The number of halogens is 2. The molecule has 0 aliphatic heterocycles. The maximum atomic E-state index is 13.0. The summed E-state index contributed by atoms with van der Waals surface area (Å²) in [5, 5.41) is 13.7. The number of aromatic nitrogens is 1. The number of nitrogens with zero attached hydrogens (tertiary/aromatic N) is 1. The van der Waals surface area contributed by atoms with Gasteiger partial charge >= 0.3 is 0 Å². The van der Waals surface area contributed by atoms with Gasteiger partial charge in [-0.2, -0.15) is 0 Å². The molecule has 0 unspecified atom stereocenters. The second-order valence-corrected chi connectivity index (χ2v) is 6.72. The lowest BCUT2D eigenvalue weighted by Gasteiger charge is -2.10. The van der Waals surface area contributed by atoms with Gasteiger partial charge < -0.3 is 14.8 Å². The van der Waals surface area contributed by atoms with Gasteiger partial charge in [-0.1, -0.05) is 11.6 Å². The second kappa shape index (κ2) is 6.98. The van der Waals surface area contributed by atoms with Crippen LogP contribution in [0.15, 0.2) is 59.0 Å². The van der Waals surface area contributed by atoms with E-state index in [4.69, 9.17) is 16.0 Å². The highest BCUT2D eigenvalue weighted by Crippen LogP contribution is 2.36. The Hall–Kier alpha value is -3.38. The normalized spacial score (nSPS) is 11.0. The molecule has 0 saturated carbocycles. The third kappa shape index (κ3) is 3.42. The zero-order valence-electron chi connectivity index (χ0n) is 14.7. The molecule has 0 aliphatic rings. The van der Waals surface area contributed by atoms with Crippen molar-refractivity contribution in [2.45, 2.75) is 6.92 Å². The number of hydrogen-bond donors (Lipinski definition) is 2. The van der Waals surface area contributed by atoms with Crippen LogP contribution in [-0.4, -0.2) is 16.0 Å². The molecule has 1 aromatic heterocycles. The van der Waals surface area contributed by atoms with Crippen LogP contribution in [0.2, 0.25) is 5.02 Å². The number of hydrogen-bond acceptors (Lipinski definition) is 4. The molecule has 4 aromatic rings. The predicted molar refractivity (Wildman–Crippen MR) is 105 cm³/mol. The number of benzene rings is 3. The Morgan fingerprint density at radius 2 is 1.89 bits per heavy atom. The Morgan fingerprint density at radius 1 is 1.14 bits per heavy atom. The maximum Gasteiger partial charge on any atom is 0.255 e. The number of oxazole rings is 1. The summed E-state index contributed by atoms with van der Waals surface area (Å²) in [6.07, 6.45) is 0. The standard InChI is InChI=1S/C21H14ClFN2O3/c1-11-8-15(24-20(27)12-2-5-14(23)6-3-12)10-16(19(11)26)21-25-17-9-13(22)4-7-18(17)28-21/h2-10,26H,1H3,(H,24,27). The van der Waals surface area contributed by atoms with Gasteiger partial charge in [0.1, 0.15) is 17.1 Å². The molecule has 0 bridgehead atoms. The van der Waals surface area contributed by atoms with Gasteiger partial charge in [0, 0.05) is 16.3 Å². The van der Waals surface area contributed by atoms with Gasteiger partial charge in [0.05, 0.1) is 5.56 Å². The number of anilines is 1. The fourth-order valence-corrected chi connectivity index (χ4v) is 3.00. The fourth-order valence-electron chi connectivity index (χ4n) is 2.84. The van der Waals surface area contributed by atoms with Crippen molar-refractivity contribution in [1.29, 1.82) is 0 Å². The van der Waals surface area contributed by atoms with Gasteiger partial charge in [-0.25, -0.2) is 9.37 Å². The summed E-state index contributed by atoms with van der Waals surface area (Å²) >= 11 is 5.98. The number of aromatic hydroxyl groups is 1. The summed E-state index contributed by atoms with van der Waals surface area (Å²) in [6, 6.07) is 13.4. The minimum Gasteiger partial charge on any atom is -0.507 e. The highest BCUT2D eigenvalue weighted by atomic mass is 35.5. The van der Waals surface area contributed by atoms with Gasteiger partial charge in [-0.05, 0) is 67.1 Å². The third-order valence-electron chi connectivity index (χ3n) is 4.24. The molecule has 1 amide bonds. The molecular formula is C21H14ClFN2O3. The number of amides is 1. The first kappa shape index (κ1) is 18.0. The molecule has 0 aliphatic carbocycles. The van der Waals surface area contributed by atoms with Crippen LogP contribution in [0, 0.1) is 12.7 Å². The lowest BCUT2D eigenvalue weighted by molar-refractivity contribution is 0.102. The van der Waals surface area contributed by atoms with Crippen molar-refractivity contribution in [2.24, 2.45) is 0 Å². The van der Waals surface area contributed by atoms with Crippen molar-refractivity contribution in [1.82, 2.24) is 4.98 Å². The molecule has 2 N–H and O–H groups in total. The van der Waals surface area contributed by atoms with Gasteiger partial charge in [0.25, 0.3) is 5.91 Å². The van der Waals surface area contributed by atoms with E-state index in [1.807, 2.05) is 0 Å². The van der Waals surface area contributed by atoms with Crippen molar-refractivity contribution in [3.8, 4) is 17.2 Å². The summed E-state index contributed by atoms with van der Waals surface area (Å²) in [5.74, 6) is -0.621. The first-order chi connectivity index (χ1) is 13.4. The molecule has 0 atom stereocenters.